The molecule has 2 fully saturated rings. The van der Waals surface area contributed by atoms with Crippen LogP contribution in [-0.4, -0.2) is 61.4 Å². The second-order valence-electron chi connectivity index (χ2n) is 7.49. The van der Waals surface area contributed by atoms with Crippen LogP contribution in [0.3, 0.4) is 0 Å². The fraction of sp³-hybridized carbons (Fsp3) is 0.600. The van der Waals surface area contributed by atoms with Gasteiger partial charge in [0.25, 0.3) is 5.91 Å². The number of nitrogens with zero attached hydrogens (tertiary/aromatic N) is 3. The van der Waals surface area contributed by atoms with Crippen LogP contribution in [0.25, 0.3) is 0 Å². The van der Waals surface area contributed by atoms with Crippen LogP contribution >= 0.6 is 0 Å². The molecule has 0 unspecified atom stereocenters. The molecule has 0 aliphatic carbocycles. The number of carbonyl (C=O) groups is 2. The highest BCUT2D eigenvalue weighted by Crippen LogP contribution is 2.27. The number of likely N-dealkylation sites (N-methyl/N-ethyl adjacent to an activating group) is 1. The van der Waals surface area contributed by atoms with Crippen molar-refractivity contribution >= 4 is 17.5 Å². The van der Waals surface area contributed by atoms with E-state index in [2.05, 4.69) is 25.9 Å². The first-order chi connectivity index (χ1) is 12.0. The second kappa shape index (κ2) is 7.56. The van der Waals surface area contributed by atoms with E-state index >= 15 is 0 Å². The van der Waals surface area contributed by atoms with E-state index in [0.29, 0.717) is 23.9 Å². The van der Waals surface area contributed by atoms with Gasteiger partial charge in [-0.2, -0.15) is 0 Å². The van der Waals surface area contributed by atoms with Gasteiger partial charge < -0.3 is 14.7 Å². The van der Waals surface area contributed by atoms with E-state index in [-0.39, 0.29) is 11.8 Å². The highest BCUT2D eigenvalue weighted by atomic mass is 16.2. The van der Waals surface area contributed by atoms with Crippen LogP contribution < -0.4 is 4.90 Å². The van der Waals surface area contributed by atoms with Crippen LogP contribution in [0.1, 0.15) is 43.0 Å². The number of likely N-dealkylation sites (tertiary alicyclic amines) is 1. The van der Waals surface area contributed by atoms with Crippen LogP contribution in [0.2, 0.25) is 0 Å². The first-order valence-corrected chi connectivity index (χ1v) is 9.37. The Morgan fingerprint density at radius 2 is 1.92 bits per heavy atom. The molecule has 2 aliphatic rings. The summed E-state index contributed by atoms with van der Waals surface area (Å²) in [7, 11) is 4.20. The van der Waals surface area contributed by atoms with E-state index in [4.69, 9.17) is 0 Å². The van der Waals surface area contributed by atoms with Gasteiger partial charge in [-0.25, -0.2) is 0 Å². The molecule has 0 N–H and O–H groups in total. The summed E-state index contributed by atoms with van der Waals surface area (Å²) in [5.74, 6) is 0.824. The summed E-state index contributed by atoms with van der Waals surface area (Å²) >= 11 is 0. The van der Waals surface area contributed by atoms with E-state index in [1.165, 1.54) is 0 Å². The van der Waals surface area contributed by atoms with Gasteiger partial charge in [0.15, 0.2) is 0 Å². The number of amides is 2. The van der Waals surface area contributed by atoms with E-state index in [1.807, 2.05) is 34.1 Å². The summed E-state index contributed by atoms with van der Waals surface area (Å²) in [4.78, 5) is 30.8. The Labute approximate surface area is 150 Å². The predicted molar refractivity (Wildman–Crippen MR) is 99.8 cm³/mol. The Balaban J connectivity index is 1.69. The minimum Gasteiger partial charge on any atom is -0.337 e. The smallest absolute Gasteiger partial charge is 0.253 e. The largest absolute Gasteiger partial charge is 0.337 e. The van der Waals surface area contributed by atoms with Gasteiger partial charge >= 0.3 is 0 Å². The lowest BCUT2D eigenvalue weighted by Crippen LogP contribution is -2.36. The molecule has 1 aromatic rings. The molecule has 2 saturated heterocycles. The number of hydrogen-bond donors (Lipinski definition) is 0. The molecule has 0 bridgehead atoms. The Hall–Kier alpha value is -1.88. The lowest BCUT2D eigenvalue weighted by atomic mass is 9.98. The van der Waals surface area contributed by atoms with Gasteiger partial charge in [-0.1, -0.05) is 13.3 Å². The molecule has 0 aromatic heterocycles. The van der Waals surface area contributed by atoms with Gasteiger partial charge in [-0.15, -0.1) is 0 Å². The zero-order valence-corrected chi connectivity index (χ0v) is 15.6. The van der Waals surface area contributed by atoms with Crippen LogP contribution in [-0.2, 0) is 4.79 Å². The van der Waals surface area contributed by atoms with Crippen LogP contribution in [0.5, 0.6) is 0 Å². The Bertz CT molecular complexity index is 626. The molecular formula is C20H29N3O2. The summed E-state index contributed by atoms with van der Waals surface area (Å²) in [6.45, 7) is 4.61. The third-order valence-corrected chi connectivity index (χ3v) is 5.52. The van der Waals surface area contributed by atoms with Gasteiger partial charge in [-0.3, -0.25) is 9.59 Å². The number of hydrogen-bond acceptors (Lipinski definition) is 3. The maximum absolute atomic E-state index is 12.9. The van der Waals surface area contributed by atoms with Crippen LogP contribution in [0, 0.1) is 5.92 Å². The second-order valence-corrected chi connectivity index (χ2v) is 7.49. The number of benzene rings is 1. The van der Waals surface area contributed by atoms with Crippen molar-refractivity contribution in [2.24, 2.45) is 5.92 Å². The number of rotatable bonds is 5. The summed E-state index contributed by atoms with van der Waals surface area (Å²) in [6, 6.07) is 7.96. The molecule has 5 nitrogen and oxygen atoms in total. The van der Waals surface area contributed by atoms with E-state index in [9.17, 15) is 9.59 Å². The van der Waals surface area contributed by atoms with Gasteiger partial charge in [0.2, 0.25) is 5.91 Å². The van der Waals surface area contributed by atoms with Gasteiger partial charge in [0.1, 0.15) is 0 Å². The molecule has 0 spiro atoms. The summed E-state index contributed by atoms with van der Waals surface area (Å²) in [5, 5.41) is 0. The summed E-state index contributed by atoms with van der Waals surface area (Å²) in [6.07, 6.45) is 3.84. The summed E-state index contributed by atoms with van der Waals surface area (Å²) in [5.41, 5.74) is 1.61. The average Bonchev–Trinajstić information content (AvgIpc) is 3.21. The van der Waals surface area contributed by atoms with Crippen LogP contribution in [0.4, 0.5) is 5.69 Å². The highest BCUT2D eigenvalue weighted by molar-refractivity contribution is 5.97. The number of carbonyl (C=O) groups excluding carboxylic acids is 2. The topological polar surface area (TPSA) is 43.9 Å². The average molecular weight is 343 g/mol. The molecule has 0 radical (unpaired) electrons. The highest BCUT2D eigenvalue weighted by Gasteiger charge is 2.36. The first kappa shape index (κ1) is 17.9. The standard InChI is InChI=1S/C20H29N3O2/c1-4-6-16-13-22(14-18(16)21(2)3)20(25)15-8-10-17(11-9-15)23-12-5-7-19(23)24/h8-11,16,18H,4-7,12-14H2,1-3H3/t16-,18-/m0/s1. The minimum absolute atomic E-state index is 0.102. The quantitative estimate of drug-likeness (QED) is 0.825. The molecule has 2 atom stereocenters. The molecule has 2 amide bonds. The molecule has 1 aromatic carbocycles. The number of anilines is 1. The van der Waals surface area contributed by atoms with Crippen LogP contribution in [0.15, 0.2) is 24.3 Å². The fourth-order valence-corrected chi connectivity index (χ4v) is 4.15. The van der Waals surface area contributed by atoms with Crippen molar-refractivity contribution in [2.45, 2.75) is 38.6 Å². The van der Waals surface area contributed by atoms with Crippen molar-refractivity contribution < 1.29 is 9.59 Å². The Morgan fingerprint density at radius 3 is 2.48 bits per heavy atom. The molecule has 3 rings (SSSR count). The third-order valence-electron chi connectivity index (χ3n) is 5.52. The van der Waals surface area contributed by atoms with Crippen molar-refractivity contribution in [2.75, 3.05) is 38.6 Å². The Morgan fingerprint density at radius 1 is 1.20 bits per heavy atom. The molecule has 25 heavy (non-hydrogen) atoms. The molecule has 5 heteroatoms. The van der Waals surface area contributed by atoms with Crippen molar-refractivity contribution in [1.82, 2.24) is 9.80 Å². The first-order valence-electron chi connectivity index (χ1n) is 9.37. The predicted octanol–water partition coefficient (Wildman–Crippen LogP) is 2.62. The zero-order valence-electron chi connectivity index (χ0n) is 15.6. The SMILES string of the molecule is CCC[C@H]1CN(C(=O)c2ccc(N3CCCC3=O)cc2)C[C@@H]1N(C)C. The third kappa shape index (κ3) is 3.71. The lowest BCUT2D eigenvalue weighted by molar-refractivity contribution is -0.117. The normalized spacial score (nSPS) is 23.8. The van der Waals surface area contributed by atoms with Crippen molar-refractivity contribution in [1.29, 1.82) is 0 Å². The zero-order chi connectivity index (χ0) is 18.0. The van der Waals surface area contributed by atoms with Crippen molar-refractivity contribution in [3.8, 4) is 0 Å². The maximum atomic E-state index is 12.9. The van der Waals surface area contributed by atoms with Crippen molar-refractivity contribution in [3.05, 3.63) is 29.8 Å². The monoisotopic (exact) mass is 343 g/mol. The van der Waals surface area contributed by atoms with Gasteiger partial charge in [0, 0.05) is 43.3 Å². The lowest BCUT2D eigenvalue weighted by Gasteiger charge is -2.24. The molecule has 2 aliphatic heterocycles. The molecular weight excluding hydrogens is 314 g/mol. The van der Waals surface area contributed by atoms with Crippen molar-refractivity contribution in [3.63, 3.8) is 0 Å². The minimum atomic E-state index is 0.102. The van der Waals surface area contributed by atoms with Gasteiger partial charge in [0.05, 0.1) is 0 Å². The fourth-order valence-electron chi connectivity index (χ4n) is 4.15. The molecule has 2 heterocycles. The van der Waals surface area contributed by atoms with E-state index in [0.717, 1.165) is 44.6 Å². The Kier molecular flexibility index (Phi) is 5.42. The van der Waals surface area contributed by atoms with Gasteiger partial charge in [-0.05, 0) is 57.1 Å². The van der Waals surface area contributed by atoms with E-state index < -0.39 is 0 Å². The molecule has 136 valence electrons. The summed E-state index contributed by atoms with van der Waals surface area (Å²) < 4.78 is 0. The maximum Gasteiger partial charge on any atom is 0.253 e. The molecule has 0 saturated carbocycles. The van der Waals surface area contributed by atoms with E-state index in [1.54, 1.807) is 0 Å².